The van der Waals surface area contributed by atoms with Gasteiger partial charge in [-0.1, -0.05) is 18.5 Å². The number of aromatic nitrogens is 2. The van der Waals surface area contributed by atoms with Gasteiger partial charge in [-0.15, -0.1) is 11.6 Å². The molecule has 1 aromatic heterocycles. The third-order valence-electron chi connectivity index (χ3n) is 2.68. The molecule has 1 atom stereocenters. The van der Waals surface area contributed by atoms with Gasteiger partial charge in [-0.05, 0) is 37.6 Å². The first-order valence-electron chi connectivity index (χ1n) is 6.45. The minimum absolute atomic E-state index is 0.190. The molecule has 0 aliphatic rings. The zero-order valence-corrected chi connectivity index (χ0v) is 11.9. The summed E-state index contributed by atoms with van der Waals surface area (Å²) in [4.78, 5) is 4.32. The summed E-state index contributed by atoms with van der Waals surface area (Å²) in [5, 5.41) is 3.73. The lowest BCUT2D eigenvalue weighted by Gasteiger charge is -2.02. The van der Waals surface area contributed by atoms with E-state index >= 15 is 0 Å². The highest BCUT2D eigenvalue weighted by Crippen LogP contribution is 2.26. The third kappa shape index (κ3) is 3.47. The van der Waals surface area contributed by atoms with Gasteiger partial charge >= 0.3 is 0 Å². The van der Waals surface area contributed by atoms with Crippen LogP contribution in [0.2, 0.25) is 0 Å². The molecule has 0 saturated heterocycles. The average molecular weight is 281 g/mol. The highest BCUT2D eigenvalue weighted by atomic mass is 35.5. The Bertz CT molecular complexity index is 510. The number of rotatable bonds is 6. The minimum Gasteiger partial charge on any atom is -0.494 e. The number of ether oxygens (including phenoxy) is 1. The van der Waals surface area contributed by atoms with Gasteiger partial charge in [0.1, 0.15) is 5.75 Å². The second-order valence-corrected chi connectivity index (χ2v) is 4.70. The first-order valence-corrected chi connectivity index (χ1v) is 6.89. The van der Waals surface area contributed by atoms with Crippen LogP contribution < -0.4 is 4.74 Å². The molecule has 5 heteroatoms. The Morgan fingerprint density at radius 2 is 2.00 bits per heavy atom. The zero-order valence-electron chi connectivity index (χ0n) is 11.1. The van der Waals surface area contributed by atoms with Crippen molar-refractivity contribution in [1.82, 2.24) is 10.1 Å². The third-order valence-corrected chi connectivity index (χ3v) is 3.09. The van der Waals surface area contributed by atoms with E-state index in [4.69, 9.17) is 20.9 Å². The standard InChI is InChI=1S/C14H17ClN2O2/c1-3-5-12(15)13-16-14(19-17-13)10-6-8-11(9-7-10)18-4-2/h6-9,12H,3-5H2,1-2H3. The van der Waals surface area contributed by atoms with Crippen LogP contribution in [0.4, 0.5) is 0 Å². The average Bonchev–Trinajstić information content (AvgIpc) is 2.90. The molecule has 0 aliphatic carbocycles. The number of halogens is 1. The molecule has 1 unspecified atom stereocenters. The summed E-state index contributed by atoms with van der Waals surface area (Å²) in [5.41, 5.74) is 0.863. The minimum atomic E-state index is -0.190. The van der Waals surface area contributed by atoms with E-state index in [-0.39, 0.29) is 5.38 Å². The number of alkyl halides is 1. The molecule has 0 amide bonds. The Morgan fingerprint density at radius 3 is 2.63 bits per heavy atom. The van der Waals surface area contributed by atoms with Gasteiger partial charge in [-0.25, -0.2) is 0 Å². The fraction of sp³-hybridized carbons (Fsp3) is 0.429. The van der Waals surface area contributed by atoms with E-state index in [1.54, 1.807) is 0 Å². The molecule has 0 fully saturated rings. The van der Waals surface area contributed by atoms with Crippen molar-refractivity contribution >= 4 is 11.6 Å². The van der Waals surface area contributed by atoms with Crippen LogP contribution in [0.1, 0.15) is 37.9 Å². The van der Waals surface area contributed by atoms with E-state index in [0.717, 1.165) is 24.2 Å². The van der Waals surface area contributed by atoms with Crippen LogP contribution in [0.3, 0.4) is 0 Å². The lowest BCUT2D eigenvalue weighted by Crippen LogP contribution is -1.92. The van der Waals surface area contributed by atoms with E-state index in [0.29, 0.717) is 18.3 Å². The van der Waals surface area contributed by atoms with Crippen LogP contribution >= 0.6 is 11.6 Å². The van der Waals surface area contributed by atoms with Gasteiger partial charge in [0, 0.05) is 5.56 Å². The maximum absolute atomic E-state index is 6.17. The molecule has 0 bridgehead atoms. The van der Waals surface area contributed by atoms with Crippen molar-refractivity contribution in [2.75, 3.05) is 6.61 Å². The van der Waals surface area contributed by atoms with Gasteiger partial charge in [-0.2, -0.15) is 4.98 Å². The summed E-state index contributed by atoms with van der Waals surface area (Å²) in [7, 11) is 0. The molecule has 2 rings (SSSR count). The van der Waals surface area contributed by atoms with Gasteiger partial charge in [0.2, 0.25) is 0 Å². The molecule has 0 saturated carbocycles. The Kier molecular flexibility index (Phi) is 4.80. The lowest BCUT2D eigenvalue weighted by molar-refractivity contribution is 0.340. The lowest BCUT2D eigenvalue weighted by atomic mass is 10.2. The normalized spacial score (nSPS) is 12.4. The van der Waals surface area contributed by atoms with Crippen LogP contribution in [0.25, 0.3) is 11.5 Å². The highest BCUT2D eigenvalue weighted by Gasteiger charge is 2.15. The number of hydrogen-bond acceptors (Lipinski definition) is 4. The van der Waals surface area contributed by atoms with Crippen molar-refractivity contribution in [1.29, 1.82) is 0 Å². The quantitative estimate of drug-likeness (QED) is 0.744. The second-order valence-electron chi connectivity index (χ2n) is 4.17. The summed E-state index contributed by atoms with van der Waals surface area (Å²) in [6.07, 6.45) is 1.82. The van der Waals surface area contributed by atoms with Crippen LogP contribution in [0, 0.1) is 0 Å². The molecule has 1 heterocycles. The van der Waals surface area contributed by atoms with Crippen molar-refractivity contribution in [3.63, 3.8) is 0 Å². The van der Waals surface area contributed by atoms with Crippen molar-refractivity contribution in [3.8, 4) is 17.2 Å². The molecule has 0 radical (unpaired) electrons. The van der Waals surface area contributed by atoms with Gasteiger partial charge in [0.25, 0.3) is 5.89 Å². The first-order chi connectivity index (χ1) is 9.24. The summed E-state index contributed by atoms with van der Waals surface area (Å²) in [6.45, 7) is 4.67. The van der Waals surface area contributed by atoms with Gasteiger partial charge in [-0.3, -0.25) is 0 Å². The largest absolute Gasteiger partial charge is 0.494 e. The molecule has 0 aliphatic heterocycles. The molecule has 2 aromatic rings. The SMILES string of the molecule is CCCC(Cl)c1noc(-c2ccc(OCC)cc2)n1. The van der Waals surface area contributed by atoms with Crippen LogP contribution in [0.5, 0.6) is 5.75 Å². The molecule has 102 valence electrons. The van der Waals surface area contributed by atoms with Gasteiger partial charge in [0.05, 0.1) is 12.0 Å². The number of benzene rings is 1. The van der Waals surface area contributed by atoms with E-state index in [2.05, 4.69) is 17.1 Å². The smallest absolute Gasteiger partial charge is 0.257 e. The van der Waals surface area contributed by atoms with Crippen molar-refractivity contribution in [3.05, 3.63) is 30.1 Å². The monoisotopic (exact) mass is 280 g/mol. The fourth-order valence-corrected chi connectivity index (χ4v) is 2.03. The molecule has 0 spiro atoms. The van der Waals surface area contributed by atoms with Crippen molar-refractivity contribution in [2.24, 2.45) is 0 Å². The summed E-state index contributed by atoms with van der Waals surface area (Å²) >= 11 is 6.17. The Labute approximate surface area is 117 Å². The predicted molar refractivity (Wildman–Crippen MR) is 74.4 cm³/mol. The summed E-state index contributed by atoms with van der Waals surface area (Å²) in [5.74, 6) is 1.86. The number of hydrogen-bond donors (Lipinski definition) is 0. The van der Waals surface area contributed by atoms with Crippen LogP contribution in [0.15, 0.2) is 28.8 Å². The van der Waals surface area contributed by atoms with Crippen LogP contribution in [-0.2, 0) is 0 Å². The molecule has 4 nitrogen and oxygen atoms in total. The molecular formula is C14H17ClN2O2. The maximum Gasteiger partial charge on any atom is 0.257 e. The van der Waals surface area contributed by atoms with Crippen molar-refractivity contribution in [2.45, 2.75) is 32.1 Å². The maximum atomic E-state index is 6.17. The zero-order chi connectivity index (χ0) is 13.7. The second kappa shape index (κ2) is 6.57. The predicted octanol–water partition coefficient (Wildman–Crippen LogP) is 4.22. The Hall–Kier alpha value is -1.55. The van der Waals surface area contributed by atoms with Crippen LogP contribution in [-0.4, -0.2) is 16.7 Å². The van der Waals surface area contributed by atoms with E-state index < -0.39 is 0 Å². The molecule has 1 aromatic carbocycles. The Balaban J connectivity index is 2.13. The summed E-state index contributed by atoms with van der Waals surface area (Å²) < 4.78 is 10.6. The first kappa shape index (κ1) is 13.9. The van der Waals surface area contributed by atoms with Crippen molar-refractivity contribution < 1.29 is 9.26 Å². The highest BCUT2D eigenvalue weighted by molar-refractivity contribution is 6.20. The molecule has 0 N–H and O–H groups in total. The van der Waals surface area contributed by atoms with Gasteiger partial charge < -0.3 is 9.26 Å². The number of nitrogens with zero attached hydrogens (tertiary/aromatic N) is 2. The van der Waals surface area contributed by atoms with E-state index in [1.807, 2.05) is 31.2 Å². The molecular weight excluding hydrogens is 264 g/mol. The summed E-state index contributed by atoms with van der Waals surface area (Å²) in [6, 6.07) is 7.55. The fourth-order valence-electron chi connectivity index (χ4n) is 1.72. The van der Waals surface area contributed by atoms with E-state index in [9.17, 15) is 0 Å². The van der Waals surface area contributed by atoms with E-state index in [1.165, 1.54) is 0 Å². The van der Waals surface area contributed by atoms with Gasteiger partial charge in [0.15, 0.2) is 5.82 Å². The molecule has 19 heavy (non-hydrogen) atoms. The topological polar surface area (TPSA) is 48.2 Å². The Morgan fingerprint density at radius 1 is 1.26 bits per heavy atom.